The van der Waals surface area contributed by atoms with Crippen molar-refractivity contribution in [3.05, 3.63) is 0 Å². The molecular weight excluding hydrogens is 132 g/mol. The number of aliphatic hydroxyl groups is 1. The Kier molecular flexibility index (Phi) is 1.44. The lowest BCUT2D eigenvalue weighted by Crippen LogP contribution is -2.42. The highest BCUT2D eigenvalue weighted by atomic mass is 16.6. The van der Waals surface area contributed by atoms with Crippen LogP contribution in [0.5, 0.6) is 0 Å². The molecule has 1 aliphatic carbocycles. The van der Waals surface area contributed by atoms with Crippen LogP contribution in [0, 0.1) is 0 Å². The summed E-state index contributed by atoms with van der Waals surface area (Å²) in [5, 5.41) is 8.86. The molecule has 58 valence electrons. The van der Waals surface area contributed by atoms with E-state index in [-0.39, 0.29) is 18.3 Å². The molecule has 1 spiro atoms. The number of hydrogen-bond acceptors (Lipinski definition) is 3. The third-order valence-electron chi connectivity index (χ3n) is 2.29. The maximum atomic E-state index is 8.86. The van der Waals surface area contributed by atoms with Crippen LogP contribution < -0.4 is 0 Å². The Morgan fingerprint density at radius 2 is 2.20 bits per heavy atom. The van der Waals surface area contributed by atoms with E-state index in [0.717, 1.165) is 12.8 Å². The van der Waals surface area contributed by atoms with Gasteiger partial charge in [0.15, 0.2) is 0 Å². The molecular formula is C7H12O3. The molecule has 2 fully saturated rings. The topological polar surface area (TPSA) is 38.7 Å². The largest absolute Gasteiger partial charge is 0.394 e. The fourth-order valence-electron chi connectivity index (χ4n) is 1.49. The second-order valence-corrected chi connectivity index (χ2v) is 2.96. The third-order valence-corrected chi connectivity index (χ3v) is 2.29. The van der Waals surface area contributed by atoms with Crippen LogP contribution in [0.4, 0.5) is 0 Å². The molecule has 1 saturated heterocycles. The first-order valence-electron chi connectivity index (χ1n) is 3.74. The molecule has 0 radical (unpaired) electrons. The van der Waals surface area contributed by atoms with Gasteiger partial charge < -0.3 is 14.6 Å². The molecule has 0 aromatic rings. The zero-order valence-electron chi connectivity index (χ0n) is 5.88. The molecule has 1 atom stereocenters. The Morgan fingerprint density at radius 3 is 2.70 bits per heavy atom. The van der Waals surface area contributed by atoms with Gasteiger partial charge in [0.2, 0.25) is 0 Å². The van der Waals surface area contributed by atoms with Crippen molar-refractivity contribution in [2.75, 3.05) is 19.8 Å². The van der Waals surface area contributed by atoms with Gasteiger partial charge in [-0.3, -0.25) is 0 Å². The van der Waals surface area contributed by atoms with Gasteiger partial charge in [-0.15, -0.1) is 0 Å². The van der Waals surface area contributed by atoms with Gasteiger partial charge in [0, 0.05) is 0 Å². The first kappa shape index (κ1) is 6.58. The van der Waals surface area contributed by atoms with Crippen molar-refractivity contribution < 1.29 is 14.6 Å². The molecule has 1 unspecified atom stereocenters. The van der Waals surface area contributed by atoms with Crippen LogP contribution in [0.1, 0.15) is 12.8 Å². The SMILES string of the molecule is OCC1OCCOC12CC2. The lowest BCUT2D eigenvalue weighted by Gasteiger charge is -2.30. The van der Waals surface area contributed by atoms with Gasteiger partial charge in [-0.25, -0.2) is 0 Å². The van der Waals surface area contributed by atoms with Crippen molar-refractivity contribution >= 4 is 0 Å². The maximum absolute atomic E-state index is 8.86. The monoisotopic (exact) mass is 144 g/mol. The minimum atomic E-state index is -0.0764. The van der Waals surface area contributed by atoms with Crippen molar-refractivity contribution in [2.45, 2.75) is 24.5 Å². The normalized spacial score (nSPS) is 36.3. The molecule has 0 aromatic carbocycles. The summed E-state index contributed by atoms with van der Waals surface area (Å²) in [6, 6.07) is 0. The predicted octanol–water partition coefficient (Wildman–Crippen LogP) is -0.0733. The van der Waals surface area contributed by atoms with Gasteiger partial charge in [-0.1, -0.05) is 0 Å². The number of rotatable bonds is 1. The summed E-state index contributed by atoms with van der Waals surface area (Å²) in [7, 11) is 0. The smallest absolute Gasteiger partial charge is 0.110 e. The molecule has 0 amide bonds. The van der Waals surface area contributed by atoms with Gasteiger partial charge in [0.25, 0.3) is 0 Å². The van der Waals surface area contributed by atoms with E-state index >= 15 is 0 Å². The summed E-state index contributed by atoms with van der Waals surface area (Å²) in [4.78, 5) is 0. The van der Waals surface area contributed by atoms with Crippen LogP contribution in [0.25, 0.3) is 0 Å². The highest BCUT2D eigenvalue weighted by Gasteiger charge is 2.53. The van der Waals surface area contributed by atoms with Crippen LogP contribution in [-0.2, 0) is 9.47 Å². The van der Waals surface area contributed by atoms with Crippen molar-refractivity contribution in [2.24, 2.45) is 0 Å². The summed E-state index contributed by atoms with van der Waals surface area (Å²) in [5.74, 6) is 0. The second kappa shape index (κ2) is 2.19. The summed E-state index contributed by atoms with van der Waals surface area (Å²) in [6.45, 7) is 1.42. The minimum absolute atomic E-state index is 0.0544. The second-order valence-electron chi connectivity index (χ2n) is 2.96. The van der Waals surface area contributed by atoms with Crippen molar-refractivity contribution in [1.82, 2.24) is 0 Å². The number of aliphatic hydroxyl groups excluding tert-OH is 1. The molecule has 3 nitrogen and oxygen atoms in total. The Hall–Kier alpha value is -0.120. The summed E-state index contributed by atoms with van der Waals surface area (Å²) in [5.41, 5.74) is -0.0764. The van der Waals surface area contributed by atoms with E-state index in [9.17, 15) is 0 Å². The summed E-state index contributed by atoms with van der Waals surface area (Å²) < 4.78 is 10.8. The van der Waals surface area contributed by atoms with Crippen molar-refractivity contribution in [1.29, 1.82) is 0 Å². The lowest BCUT2D eigenvalue weighted by atomic mass is 10.2. The molecule has 1 aliphatic heterocycles. The zero-order chi connectivity index (χ0) is 7.03. The van der Waals surface area contributed by atoms with Crippen LogP contribution in [-0.4, -0.2) is 36.6 Å². The van der Waals surface area contributed by atoms with E-state index in [1.54, 1.807) is 0 Å². The number of hydrogen-bond donors (Lipinski definition) is 1. The average molecular weight is 144 g/mol. The third kappa shape index (κ3) is 0.856. The van der Waals surface area contributed by atoms with E-state index in [4.69, 9.17) is 14.6 Å². The van der Waals surface area contributed by atoms with E-state index in [1.807, 2.05) is 0 Å². The highest BCUT2D eigenvalue weighted by molar-refractivity contribution is 5.03. The van der Waals surface area contributed by atoms with E-state index in [2.05, 4.69) is 0 Å². The fraction of sp³-hybridized carbons (Fsp3) is 1.00. The van der Waals surface area contributed by atoms with Gasteiger partial charge in [0.1, 0.15) is 6.10 Å². The van der Waals surface area contributed by atoms with Crippen molar-refractivity contribution in [3.8, 4) is 0 Å². The summed E-state index contributed by atoms with van der Waals surface area (Å²) >= 11 is 0. The zero-order valence-corrected chi connectivity index (χ0v) is 5.88. The van der Waals surface area contributed by atoms with Crippen LogP contribution in [0.15, 0.2) is 0 Å². The minimum Gasteiger partial charge on any atom is -0.394 e. The first-order chi connectivity index (χ1) is 4.87. The molecule has 10 heavy (non-hydrogen) atoms. The lowest BCUT2D eigenvalue weighted by molar-refractivity contribution is -0.167. The van der Waals surface area contributed by atoms with Crippen LogP contribution >= 0.6 is 0 Å². The highest BCUT2D eigenvalue weighted by Crippen LogP contribution is 2.45. The molecule has 0 aromatic heterocycles. The van der Waals surface area contributed by atoms with Gasteiger partial charge in [-0.05, 0) is 12.8 Å². The molecule has 1 heterocycles. The maximum Gasteiger partial charge on any atom is 0.110 e. The van der Waals surface area contributed by atoms with Gasteiger partial charge in [-0.2, -0.15) is 0 Å². The summed E-state index contributed by atoms with van der Waals surface area (Å²) in [6.07, 6.45) is 2.05. The van der Waals surface area contributed by atoms with Crippen LogP contribution in [0.3, 0.4) is 0 Å². The van der Waals surface area contributed by atoms with E-state index < -0.39 is 0 Å². The Bertz CT molecular complexity index is 131. The number of ether oxygens (including phenoxy) is 2. The van der Waals surface area contributed by atoms with E-state index in [0.29, 0.717) is 13.2 Å². The van der Waals surface area contributed by atoms with E-state index in [1.165, 1.54) is 0 Å². The van der Waals surface area contributed by atoms with Crippen molar-refractivity contribution in [3.63, 3.8) is 0 Å². The molecule has 1 N–H and O–H groups in total. The standard InChI is InChI=1S/C7H12O3/c8-5-6-7(1-2-7)10-4-3-9-6/h6,8H,1-5H2. The molecule has 2 rings (SSSR count). The van der Waals surface area contributed by atoms with Gasteiger partial charge >= 0.3 is 0 Å². The molecule has 2 aliphatic rings. The fourth-order valence-corrected chi connectivity index (χ4v) is 1.49. The molecule has 1 saturated carbocycles. The Labute approximate surface area is 59.9 Å². The molecule has 0 bridgehead atoms. The predicted molar refractivity (Wildman–Crippen MR) is 34.7 cm³/mol. The first-order valence-corrected chi connectivity index (χ1v) is 3.74. The Morgan fingerprint density at radius 1 is 1.40 bits per heavy atom. The van der Waals surface area contributed by atoms with Gasteiger partial charge in [0.05, 0.1) is 25.4 Å². The quantitative estimate of drug-likeness (QED) is 0.559. The van der Waals surface area contributed by atoms with Crippen LogP contribution in [0.2, 0.25) is 0 Å². The average Bonchev–Trinajstić information content (AvgIpc) is 2.71. The molecule has 3 heteroatoms. The Balaban J connectivity index is 2.01.